The van der Waals surface area contributed by atoms with Crippen molar-refractivity contribution in [2.75, 3.05) is 32.5 Å². The predicted molar refractivity (Wildman–Crippen MR) is 101 cm³/mol. The Balaban J connectivity index is 1.56. The van der Waals surface area contributed by atoms with Crippen LogP contribution in [-0.4, -0.2) is 64.8 Å². The molecule has 1 aromatic heterocycles. The first-order valence-electron chi connectivity index (χ1n) is 9.04. The van der Waals surface area contributed by atoms with E-state index in [2.05, 4.69) is 20.5 Å². The number of hydrogen-bond donors (Lipinski definition) is 3. The molecule has 1 fully saturated rings. The van der Waals surface area contributed by atoms with Crippen LogP contribution in [0.5, 0.6) is 5.75 Å². The molecule has 0 saturated carbocycles. The molecule has 3 rings (SSSR count). The van der Waals surface area contributed by atoms with Gasteiger partial charge in [-0.05, 0) is 12.1 Å². The molecule has 0 spiro atoms. The van der Waals surface area contributed by atoms with Gasteiger partial charge in [-0.3, -0.25) is 14.7 Å². The maximum absolute atomic E-state index is 12.5. The lowest BCUT2D eigenvalue weighted by atomic mass is 10.1. The summed E-state index contributed by atoms with van der Waals surface area (Å²) in [5.41, 5.74) is 5.89. The molecule has 2 aromatic rings. The molecule has 28 heavy (non-hydrogen) atoms. The van der Waals surface area contributed by atoms with Crippen LogP contribution in [0, 0.1) is 0 Å². The number of nitrogens with zero attached hydrogens (tertiary/aromatic N) is 3. The number of aromatic nitrogens is 3. The molecule has 150 valence electrons. The summed E-state index contributed by atoms with van der Waals surface area (Å²) in [4.78, 5) is 30.2. The van der Waals surface area contributed by atoms with Gasteiger partial charge in [-0.2, -0.15) is 4.98 Å². The van der Waals surface area contributed by atoms with Crippen LogP contribution in [0.3, 0.4) is 0 Å². The number of rotatable bonds is 7. The minimum Gasteiger partial charge on any atom is -0.489 e. The Bertz CT molecular complexity index is 816. The van der Waals surface area contributed by atoms with Crippen molar-refractivity contribution in [1.82, 2.24) is 25.4 Å². The van der Waals surface area contributed by atoms with E-state index in [9.17, 15) is 9.59 Å². The number of likely N-dealkylation sites (tertiary alicyclic amines) is 1. The van der Waals surface area contributed by atoms with Gasteiger partial charge in [0.1, 0.15) is 24.3 Å². The van der Waals surface area contributed by atoms with Crippen molar-refractivity contribution in [2.45, 2.75) is 25.5 Å². The van der Waals surface area contributed by atoms with E-state index in [0.717, 1.165) is 0 Å². The molecule has 1 aromatic carbocycles. The highest BCUT2D eigenvalue weighted by atomic mass is 16.5. The summed E-state index contributed by atoms with van der Waals surface area (Å²) in [6, 6.07) is 7.07. The SMILES string of the molecule is COCC(=O)N1CCC(Oc2ccccc2C(=O)NCc2nc(N)n[nH]2)CC1. The number of carbonyl (C=O) groups excluding carboxylic acids is 2. The number of hydrogen-bond acceptors (Lipinski definition) is 7. The van der Waals surface area contributed by atoms with Crippen LogP contribution in [0.4, 0.5) is 5.95 Å². The van der Waals surface area contributed by atoms with Crippen molar-refractivity contribution in [1.29, 1.82) is 0 Å². The van der Waals surface area contributed by atoms with Crippen molar-refractivity contribution < 1.29 is 19.1 Å². The Morgan fingerprint density at radius 2 is 2.07 bits per heavy atom. The third-order valence-electron chi connectivity index (χ3n) is 4.45. The fourth-order valence-corrected chi connectivity index (χ4v) is 3.02. The number of nitrogens with two attached hydrogens (primary N) is 1. The van der Waals surface area contributed by atoms with Crippen LogP contribution in [0.2, 0.25) is 0 Å². The number of carbonyl (C=O) groups is 2. The van der Waals surface area contributed by atoms with E-state index in [1.165, 1.54) is 7.11 Å². The van der Waals surface area contributed by atoms with Gasteiger partial charge in [0.25, 0.3) is 5.91 Å². The van der Waals surface area contributed by atoms with Crippen LogP contribution in [0.15, 0.2) is 24.3 Å². The van der Waals surface area contributed by atoms with E-state index in [-0.39, 0.29) is 37.0 Å². The lowest BCUT2D eigenvalue weighted by Gasteiger charge is -2.32. The Hall–Kier alpha value is -3.14. The minimum absolute atomic E-state index is 0.0196. The number of piperidine rings is 1. The topological polar surface area (TPSA) is 135 Å². The fourth-order valence-electron chi connectivity index (χ4n) is 3.02. The quantitative estimate of drug-likeness (QED) is 0.622. The lowest BCUT2D eigenvalue weighted by molar-refractivity contribution is -0.136. The second-order valence-electron chi connectivity index (χ2n) is 6.45. The Kier molecular flexibility index (Phi) is 6.43. The molecule has 2 heterocycles. The first-order valence-corrected chi connectivity index (χ1v) is 9.04. The van der Waals surface area contributed by atoms with Crippen molar-refractivity contribution in [2.24, 2.45) is 0 Å². The zero-order valence-electron chi connectivity index (χ0n) is 15.7. The second-order valence-corrected chi connectivity index (χ2v) is 6.45. The summed E-state index contributed by atoms with van der Waals surface area (Å²) in [5, 5.41) is 9.13. The van der Waals surface area contributed by atoms with E-state index in [0.29, 0.717) is 43.1 Å². The summed E-state index contributed by atoms with van der Waals surface area (Å²) in [5.74, 6) is 0.812. The van der Waals surface area contributed by atoms with Crippen molar-refractivity contribution in [3.8, 4) is 5.75 Å². The van der Waals surface area contributed by atoms with Gasteiger partial charge in [-0.15, -0.1) is 5.10 Å². The number of nitrogen functional groups attached to an aromatic ring is 1. The molecule has 0 atom stereocenters. The first kappa shape index (κ1) is 19.6. The molecule has 1 aliphatic heterocycles. The molecule has 1 saturated heterocycles. The standard InChI is InChI=1S/C18H24N6O4/c1-27-11-16(25)24-8-6-12(7-9-24)28-14-5-3-2-4-13(14)17(26)20-10-15-21-18(19)23-22-15/h2-5,12H,6-11H2,1H3,(H,20,26)(H3,19,21,22,23). The zero-order chi connectivity index (χ0) is 19.9. The highest BCUT2D eigenvalue weighted by Crippen LogP contribution is 2.23. The third-order valence-corrected chi connectivity index (χ3v) is 4.45. The van der Waals surface area contributed by atoms with Crippen LogP contribution >= 0.6 is 0 Å². The summed E-state index contributed by atoms with van der Waals surface area (Å²) in [7, 11) is 1.51. The van der Waals surface area contributed by atoms with Crippen LogP contribution < -0.4 is 15.8 Å². The molecule has 10 nitrogen and oxygen atoms in total. The number of aromatic amines is 1. The highest BCUT2D eigenvalue weighted by Gasteiger charge is 2.25. The second kappa shape index (κ2) is 9.18. The van der Waals surface area contributed by atoms with Gasteiger partial charge in [0.15, 0.2) is 0 Å². The maximum Gasteiger partial charge on any atom is 0.255 e. The largest absolute Gasteiger partial charge is 0.489 e. The Labute approximate surface area is 162 Å². The molecule has 0 radical (unpaired) electrons. The summed E-state index contributed by atoms with van der Waals surface area (Å²) in [6.07, 6.45) is 1.33. The molecule has 4 N–H and O–H groups in total. The molecule has 1 aliphatic rings. The molecule has 0 aliphatic carbocycles. The van der Waals surface area contributed by atoms with E-state index in [1.54, 1.807) is 23.1 Å². The number of amides is 2. The monoisotopic (exact) mass is 388 g/mol. The van der Waals surface area contributed by atoms with E-state index >= 15 is 0 Å². The van der Waals surface area contributed by atoms with E-state index in [1.807, 2.05) is 6.07 Å². The van der Waals surface area contributed by atoms with Gasteiger partial charge in [-0.25, -0.2) is 0 Å². The fraction of sp³-hybridized carbons (Fsp3) is 0.444. The van der Waals surface area contributed by atoms with Gasteiger partial charge in [-0.1, -0.05) is 12.1 Å². The summed E-state index contributed by atoms with van der Waals surface area (Å²) in [6.45, 7) is 1.48. The zero-order valence-corrected chi connectivity index (χ0v) is 15.7. The van der Waals surface area contributed by atoms with E-state index in [4.69, 9.17) is 15.2 Å². The van der Waals surface area contributed by atoms with Gasteiger partial charge < -0.3 is 25.4 Å². The van der Waals surface area contributed by atoms with Crippen LogP contribution in [0.1, 0.15) is 29.0 Å². The van der Waals surface area contributed by atoms with Crippen LogP contribution in [-0.2, 0) is 16.1 Å². The smallest absolute Gasteiger partial charge is 0.255 e. The van der Waals surface area contributed by atoms with Crippen molar-refractivity contribution in [3.05, 3.63) is 35.7 Å². The van der Waals surface area contributed by atoms with Crippen LogP contribution in [0.25, 0.3) is 0 Å². The van der Waals surface area contributed by atoms with Gasteiger partial charge >= 0.3 is 0 Å². The van der Waals surface area contributed by atoms with E-state index < -0.39 is 0 Å². The van der Waals surface area contributed by atoms with Gasteiger partial charge in [0, 0.05) is 33.0 Å². The molecule has 10 heteroatoms. The number of nitrogens with one attached hydrogen (secondary N) is 2. The number of H-pyrrole nitrogens is 1. The summed E-state index contributed by atoms with van der Waals surface area (Å²) < 4.78 is 11.0. The minimum atomic E-state index is -0.279. The number of ether oxygens (including phenoxy) is 2. The Morgan fingerprint density at radius 1 is 1.32 bits per heavy atom. The van der Waals surface area contributed by atoms with Crippen molar-refractivity contribution in [3.63, 3.8) is 0 Å². The molecule has 2 amide bonds. The van der Waals surface area contributed by atoms with Gasteiger partial charge in [0.05, 0.1) is 12.1 Å². The van der Waals surface area contributed by atoms with Gasteiger partial charge in [0.2, 0.25) is 11.9 Å². The molecule has 0 bridgehead atoms. The number of methoxy groups -OCH3 is 1. The number of para-hydroxylation sites is 1. The van der Waals surface area contributed by atoms with Crippen molar-refractivity contribution >= 4 is 17.8 Å². The average Bonchev–Trinajstić information content (AvgIpc) is 3.12. The highest BCUT2D eigenvalue weighted by molar-refractivity contribution is 5.96. The summed E-state index contributed by atoms with van der Waals surface area (Å²) >= 11 is 0. The molecular formula is C18H24N6O4. The third kappa shape index (κ3) is 4.97. The Morgan fingerprint density at radius 3 is 2.75 bits per heavy atom. The number of anilines is 1. The first-order chi connectivity index (χ1) is 13.6. The molecular weight excluding hydrogens is 364 g/mol. The number of benzene rings is 1. The normalized spacial score (nSPS) is 14.7. The predicted octanol–water partition coefficient (Wildman–Crippen LogP) is 0.333. The average molecular weight is 388 g/mol. The lowest BCUT2D eigenvalue weighted by Crippen LogP contribution is -2.43. The molecule has 0 unspecified atom stereocenters. The maximum atomic E-state index is 12.5.